The number of nitrogens with one attached hydrogen (secondary N) is 1. The van der Waals surface area contributed by atoms with Crippen molar-refractivity contribution in [3.63, 3.8) is 0 Å². The maximum absolute atomic E-state index is 12.1. The van der Waals surface area contributed by atoms with Crippen molar-refractivity contribution in [1.29, 1.82) is 0 Å². The van der Waals surface area contributed by atoms with Gasteiger partial charge in [0.1, 0.15) is 17.4 Å². The molecule has 0 bridgehead atoms. The molecular weight excluding hydrogens is 320 g/mol. The molecule has 0 aliphatic heterocycles. The number of hydrogen-bond donors (Lipinski definition) is 1. The van der Waals surface area contributed by atoms with E-state index in [2.05, 4.69) is 17.2 Å². The molecule has 4 nitrogen and oxygen atoms in total. The molecule has 1 aromatic carbocycles. The Kier molecular flexibility index (Phi) is 5.86. The highest BCUT2D eigenvalue weighted by Crippen LogP contribution is 2.18. The number of carbonyl (C=O) groups is 1. The molecule has 1 N–H and O–H groups in total. The Morgan fingerprint density at radius 3 is 2.75 bits per heavy atom. The Morgan fingerprint density at radius 2 is 2.00 bits per heavy atom. The molecule has 1 heterocycles. The Bertz CT molecular complexity index is 660. The second-order valence-electron chi connectivity index (χ2n) is 6.41. The molecule has 1 aromatic heterocycles. The molecule has 1 amide bonds. The van der Waals surface area contributed by atoms with Crippen molar-refractivity contribution in [3.05, 3.63) is 45.9 Å². The Labute approximate surface area is 147 Å². The van der Waals surface area contributed by atoms with Gasteiger partial charge in [-0.3, -0.25) is 4.79 Å². The number of amides is 1. The molecule has 0 atom stereocenters. The fourth-order valence-corrected chi connectivity index (χ4v) is 3.67. The summed E-state index contributed by atoms with van der Waals surface area (Å²) in [4.78, 5) is 16.6. The second kappa shape index (κ2) is 8.29. The Balaban J connectivity index is 1.46. The maximum Gasteiger partial charge on any atom is 0.226 e. The number of hydrogen-bond acceptors (Lipinski definition) is 4. The van der Waals surface area contributed by atoms with Crippen LogP contribution >= 0.6 is 11.3 Å². The predicted molar refractivity (Wildman–Crippen MR) is 96.3 cm³/mol. The SMILES string of the molecule is Cc1ccc(OCc2nc(CC(=O)NC3CCCCC3)cs2)cc1. The van der Waals surface area contributed by atoms with Crippen LogP contribution in [0.3, 0.4) is 0 Å². The van der Waals surface area contributed by atoms with E-state index in [-0.39, 0.29) is 5.91 Å². The van der Waals surface area contributed by atoms with E-state index in [0.29, 0.717) is 19.1 Å². The van der Waals surface area contributed by atoms with Crippen molar-refractivity contribution < 1.29 is 9.53 Å². The summed E-state index contributed by atoms with van der Waals surface area (Å²) >= 11 is 1.54. The average molecular weight is 344 g/mol. The quantitative estimate of drug-likeness (QED) is 0.861. The minimum Gasteiger partial charge on any atom is -0.486 e. The largest absolute Gasteiger partial charge is 0.486 e. The number of aryl methyl sites for hydroxylation is 1. The summed E-state index contributed by atoms with van der Waals surface area (Å²) in [6.45, 7) is 2.49. The van der Waals surface area contributed by atoms with E-state index < -0.39 is 0 Å². The summed E-state index contributed by atoms with van der Waals surface area (Å²) < 4.78 is 5.73. The molecule has 1 fully saturated rings. The van der Waals surface area contributed by atoms with Gasteiger partial charge < -0.3 is 10.1 Å². The molecule has 1 aliphatic carbocycles. The minimum atomic E-state index is 0.0817. The lowest BCUT2D eigenvalue weighted by Gasteiger charge is -2.22. The van der Waals surface area contributed by atoms with Crippen molar-refractivity contribution in [2.24, 2.45) is 0 Å². The summed E-state index contributed by atoms with van der Waals surface area (Å²) in [5, 5.41) is 5.99. The van der Waals surface area contributed by atoms with Crippen molar-refractivity contribution in [3.8, 4) is 5.75 Å². The summed E-state index contributed by atoms with van der Waals surface area (Å²) in [6.07, 6.45) is 6.32. The number of thiazole rings is 1. The van der Waals surface area contributed by atoms with Gasteiger partial charge in [0.05, 0.1) is 12.1 Å². The molecule has 5 heteroatoms. The third-order valence-corrected chi connectivity index (χ3v) is 5.17. The zero-order valence-corrected chi connectivity index (χ0v) is 14.9. The standard InChI is InChI=1S/C19H24N2O2S/c1-14-7-9-17(10-8-14)23-12-19-21-16(13-24-19)11-18(22)20-15-5-3-2-4-6-15/h7-10,13,15H,2-6,11-12H2,1H3,(H,20,22). The highest BCUT2D eigenvalue weighted by Gasteiger charge is 2.16. The maximum atomic E-state index is 12.1. The lowest BCUT2D eigenvalue weighted by molar-refractivity contribution is -0.121. The Morgan fingerprint density at radius 1 is 1.25 bits per heavy atom. The smallest absolute Gasteiger partial charge is 0.226 e. The third-order valence-electron chi connectivity index (χ3n) is 4.29. The first-order chi connectivity index (χ1) is 11.7. The monoisotopic (exact) mass is 344 g/mol. The molecule has 0 spiro atoms. The zero-order chi connectivity index (χ0) is 16.8. The molecule has 1 saturated carbocycles. The first-order valence-corrected chi connectivity index (χ1v) is 9.49. The van der Waals surface area contributed by atoms with Gasteiger partial charge in [-0.05, 0) is 31.9 Å². The van der Waals surface area contributed by atoms with E-state index in [0.717, 1.165) is 29.3 Å². The van der Waals surface area contributed by atoms with Gasteiger partial charge in [0.2, 0.25) is 5.91 Å². The van der Waals surface area contributed by atoms with Gasteiger partial charge in [-0.15, -0.1) is 11.3 Å². The van der Waals surface area contributed by atoms with Crippen molar-refractivity contribution in [2.45, 2.75) is 58.1 Å². The summed E-state index contributed by atoms with van der Waals surface area (Å²) in [6, 6.07) is 8.33. The second-order valence-corrected chi connectivity index (χ2v) is 7.36. The molecule has 0 saturated heterocycles. The molecule has 1 aliphatic rings. The van der Waals surface area contributed by atoms with E-state index in [1.165, 1.54) is 24.8 Å². The van der Waals surface area contributed by atoms with Gasteiger partial charge in [0, 0.05) is 11.4 Å². The number of aromatic nitrogens is 1. The van der Waals surface area contributed by atoms with Crippen LogP contribution in [0.5, 0.6) is 5.75 Å². The van der Waals surface area contributed by atoms with Crippen LogP contribution in [0.15, 0.2) is 29.6 Å². The van der Waals surface area contributed by atoms with Gasteiger partial charge in [-0.2, -0.15) is 0 Å². The van der Waals surface area contributed by atoms with Gasteiger partial charge >= 0.3 is 0 Å². The van der Waals surface area contributed by atoms with Crippen molar-refractivity contribution in [1.82, 2.24) is 10.3 Å². The predicted octanol–water partition coefficient (Wildman–Crippen LogP) is 4.02. The van der Waals surface area contributed by atoms with Crippen LogP contribution in [0.4, 0.5) is 0 Å². The lowest BCUT2D eigenvalue weighted by atomic mass is 9.95. The minimum absolute atomic E-state index is 0.0817. The van der Waals surface area contributed by atoms with Crippen LogP contribution in [0, 0.1) is 6.92 Å². The molecule has 24 heavy (non-hydrogen) atoms. The number of nitrogens with zero attached hydrogens (tertiary/aromatic N) is 1. The van der Waals surface area contributed by atoms with Crippen LogP contribution in [0.2, 0.25) is 0 Å². The van der Waals surface area contributed by atoms with E-state index in [1.54, 1.807) is 11.3 Å². The molecular formula is C19H24N2O2S. The normalized spacial score (nSPS) is 15.2. The van der Waals surface area contributed by atoms with Crippen LogP contribution in [-0.2, 0) is 17.8 Å². The average Bonchev–Trinajstić information content (AvgIpc) is 3.02. The van der Waals surface area contributed by atoms with E-state index in [1.807, 2.05) is 29.6 Å². The fraction of sp³-hybridized carbons (Fsp3) is 0.474. The zero-order valence-electron chi connectivity index (χ0n) is 14.1. The summed E-state index contributed by atoms with van der Waals surface area (Å²) in [5.41, 5.74) is 2.04. The first-order valence-electron chi connectivity index (χ1n) is 8.61. The van der Waals surface area contributed by atoms with Crippen LogP contribution in [0.25, 0.3) is 0 Å². The number of ether oxygens (including phenoxy) is 1. The van der Waals surface area contributed by atoms with Crippen molar-refractivity contribution in [2.75, 3.05) is 0 Å². The number of rotatable bonds is 6. The fourth-order valence-electron chi connectivity index (χ4n) is 2.97. The highest BCUT2D eigenvalue weighted by molar-refractivity contribution is 7.09. The van der Waals surface area contributed by atoms with Crippen LogP contribution in [-0.4, -0.2) is 16.9 Å². The van der Waals surface area contributed by atoms with E-state index in [4.69, 9.17) is 4.74 Å². The molecule has 0 radical (unpaired) electrons. The van der Waals surface area contributed by atoms with Gasteiger partial charge in [0.25, 0.3) is 0 Å². The van der Waals surface area contributed by atoms with Crippen molar-refractivity contribution >= 4 is 17.2 Å². The third kappa shape index (κ3) is 5.06. The lowest BCUT2D eigenvalue weighted by Crippen LogP contribution is -2.37. The molecule has 3 rings (SSSR count). The number of carbonyl (C=O) groups excluding carboxylic acids is 1. The Hall–Kier alpha value is -1.88. The molecule has 0 unspecified atom stereocenters. The van der Waals surface area contributed by atoms with Gasteiger partial charge in [0.15, 0.2) is 0 Å². The van der Waals surface area contributed by atoms with Crippen LogP contribution in [0.1, 0.15) is 48.4 Å². The van der Waals surface area contributed by atoms with Crippen LogP contribution < -0.4 is 10.1 Å². The topological polar surface area (TPSA) is 51.2 Å². The van der Waals surface area contributed by atoms with Gasteiger partial charge in [-0.1, -0.05) is 37.0 Å². The summed E-state index contributed by atoms with van der Waals surface area (Å²) in [7, 11) is 0. The van der Waals surface area contributed by atoms with E-state index >= 15 is 0 Å². The molecule has 128 valence electrons. The van der Waals surface area contributed by atoms with Gasteiger partial charge in [-0.25, -0.2) is 4.98 Å². The summed E-state index contributed by atoms with van der Waals surface area (Å²) in [5.74, 6) is 0.922. The highest BCUT2D eigenvalue weighted by atomic mass is 32.1. The first kappa shape index (κ1) is 17.0. The molecule has 2 aromatic rings. The number of benzene rings is 1. The van der Waals surface area contributed by atoms with E-state index in [9.17, 15) is 4.79 Å².